The van der Waals surface area contributed by atoms with Gasteiger partial charge >= 0.3 is 0 Å². The zero-order valence-electron chi connectivity index (χ0n) is 8.81. The summed E-state index contributed by atoms with van der Waals surface area (Å²) in [5.41, 5.74) is 0. The van der Waals surface area contributed by atoms with Gasteiger partial charge in [-0.15, -0.1) is 0 Å². The van der Waals surface area contributed by atoms with Gasteiger partial charge in [0, 0.05) is 19.0 Å². The van der Waals surface area contributed by atoms with E-state index in [1.807, 2.05) is 18.7 Å². The van der Waals surface area contributed by atoms with E-state index in [4.69, 9.17) is 0 Å². The number of nitrogens with zero attached hydrogens (tertiary/aromatic N) is 1. The van der Waals surface area contributed by atoms with Gasteiger partial charge in [-0.3, -0.25) is 9.69 Å². The minimum absolute atomic E-state index is 0.0740. The van der Waals surface area contributed by atoms with Crippen molar-refractivity contribution in [1.82, 2.24) is 4.90 Å². The maximum absolute atomic E-state index is 11.5. The van der Waals surface area contributed by atoms with Crippen molar-refractivity contribution >= 4 is 5.78 Å². The Balaban J connectivity index is 2.35. The molecule has 4 heteroatoms. The van der Waals surface area contributed by atoms with E-state index in [1.54, 1.807) is 0 Å². The summed E-state index contributed by atoms with van der Waals surface area (Å²) in [5.74, 6) is 0.263. The Bertz CT molecular complexity index is 198. The number of hydrogen-bond donors (Lipinski definition) is 2. The van der Waals surface area contributed by atoms with E-state index >= 15 is 0 Å². The second-order valence-electron chi connectivity index (χ2n) is 4.10. The molecule has 3 unspecified atom stereocenters. The van der Waals surface area contributed by atoms with Crippen molar-refractivity contribution in [3.63, 3.8) is 0 Å². The Labute approximate surface area is 84.5 Å². The highest BCUT2D eigenvalue weighted by atomic mass is 16.3. The summed E-state index contributed by atoms with van der Waals surface area (Å²) in [5, 5.41) is 18.5. The number of Topliss-reactive ketones (excluding diaryl/α,β-unsaturated/α-hetero) is 1. The Morgan fingerprint density at radius 1 is 1.43 bits per heavy atom. The number of aliphatic hydroxyl groups is 2. The molecule has 0 aromatic rings. The Hall–Kier alpha value is -0.450. The van der Waals surface area contributed by atoms with Gasteiger partial charge in [-0.05, 0) is 6.42 Å². The predicted octanol–water partition coefficient (Wildman–Crippen LogP) is -0.361. The smallest absolute Gasteiger partial charge is 0.149 e. The molecule has 14 heavy (non-hydrogen) atoms. The molecule has 1 rings (SSSR count). The third kappa shape index (κ3) is 2.77. The third-order valence-corrected chi connectivity index (χ3v) is 2.88. The quantitative estimate of drug-likeness (QED) is 0.652. The molecule has 3 atom stereocenters. The second kappa shape index (κ2) is 4.87. The molecule has 0 saturated carbocycles. The molecular weight excluding hydrogens is 182 g/mol. The van der Waals surface area contributed by atoms with Gasteiger partial charge in [0.15, 0.2) is 0 Å². The lowest BCUT2D eigenvalue weighted by Gasteiger charge is -2.15. The van der Waals surface area contributed by atoms with Crippen LogP contribution in [-0.4, -0.2) is 52.7 Å². The molecule has 0 amide bonds. The normalized spacial score (nSPS) is 30.6. The molecule has 0 aromatic heterocycles. The van der Waals surface area contributed by atoms with Gasteiger partial charge in [0.2, 0.25) is 0 Å². The summed E-state index contributed by atoms with van der Waals surface area (Å²) in [6.07, 6.45) is -0.544. The van der Waals surface area contributed by atoms with Crippen LogP contribution < -0.4 is 0 Å². The third-order valence-electron chi connectivity index (χ3n) is 2.88. The van der Waals surface area contributed by atoms with Gasteiger partial charge < -0.3 is 10.2 Å². The standard InChI is InChI=1S/C10H19NO3/c1-3-7(2)8(12)4-11-5-9(13)10(14)6-11/h7,9-10,13-14H,3-6H2,1-2H3. The summed E-state index contributed by atoms with van der Waals surface area (Å²) < 4.78 is 0. The number of likely N-dealkylation sites (tertiary alicyclic amines) is 1. The van der Waals surface area contributed by atoms with Crippen LogP contribution in [0.2, 0.25) is 0 Å². The molecular formula is C10H19NO3. The summed E-state index contributed by atoms with van der Waals surface area (Å²) in [6.45, 7) is 5.05. The highest BCUT2D eigenvalue weighted by Gasteiger charge is 2.30. The largest absolute Gasteiger partial charge is 0.389 e. The van der Waals surface area contributed by atoms with E-state index in [0.29, 0.717) is 19.6 Å². The average Bonchev–Trinajstić information content (AvgIpc) is 2.44. The fourth-order valence-electron chi connectivity index (χ4n) is 1.58. The fourth-order valence-corrected chi connectivity index (χ4v) is 1.58. The molecule has 4 nitrogen and oxygen atoms in total. The molecule has 0 aromatic carbocycles. The van der Waals surface area contributed by atoms with Crippen molar-refractivity contribution in [2.75, 3.05) is 19.6 Å². The summed E-state index contributed by atoms with van der Waals surface area (Å²) in [7, 11) is 0. The number of carbonyl (C=O) groups excluding carboxylic acids is 1. The van der Waals surface area contributed by atoms with Gasteiger partial charge in [0.25, 0.3) is 0 Å². The first-order valence-corrected chi connectivity index (χ1v) is 5.15. The first kappa shape index (κ1) is 11.6. The molecule has 1 saturated heterocycles. The molecule has 1 aliphatic heterocycles. The van der Waals surface area contributed by atoms with Crippen LogP contribution in [0, 0.1) is 5.92 Å². The van der Waals surface area contributed by atoms with Crippen molar-refractivity contribution in [2.24, 2.45) is 5.92 Å². The van der Waals surface area contributed by atoms with Crippen molar-refractivity contribution in [3.8, 4) is 0 Å². The zero-order chi connectivity index (χ0) is 10.7. The van der Waals surface area contributed by atoms with Crippen LogP contribution in [0.5, 0.6) is 0 Å². The lowest BCUT2D eigenvalue weighted by molar-refractivity contribution is -0.123. The van der Waals surface area contributed by atoms with E-state index in [2.05, 4.69) is 0 Å². The molecule has 82 valence electrons. The van der Waals surface area contributed by atoms with Crippen molar-refractivity contribution in [3.05, 3.63) is 0 Å². The Kier molecular flexibility index (Phi) is 4.04. The average molecular weight is 201 g/mol. The van der Waals surface area contributed by atoms with Crippen molar-refractivity contribution in [1.29, 1.82) is 0 Å². The predicted molar refractivity (Wildman–Crippen MR) is 52.9 cm³/mol. The number of aliphatic hydroxyl groups excluding tert-OH is 2. The minimum Gasteiger partial charge on any atom is -0.389 e. The molecule has 2 N–H and O–H groups in total. The maximum atomic E-state index is 11.5. The lowest BCUT2D eigenvalue weighted by Crippen LogP contribution is -2.31. The number of rotatable bonds is 4. The van der Waals surface area contributed by atoms with Gasteiger partial charge in [0.05, 0.1) is 18.8 Å². The number of carbonyl (C=O) groups is 1. The van der Waals surface area contributed by atoms with E-state index in [-0.39, 0.29) is 11.7 Å². The molecule has 1 aliphatic rings. The topological polar surface area (TPSA) is 60.8 Å². The van der Waals surface area contributed by atoms with E-state index in [9.17, 15) is 15.0 Å². The highest BCUT2D eigenvalue weighted by Crippen LogP contribution is 2.11. The van der Waals surface area contributed by atoms with Crippen LogP contribution in [-0.2, 0) is 4.79 Å². The second-order valence-corrected chi connectivity index (χ2v) is 4.10. The molecule has 1 heterocycles. The first-order valence-electron chi connectivity index (χ1n) is 5.15. The van der Waals surface area contributed by atoms with E-state index < -0.39 is 12.2 Å². The Morgan fingerprint density at radius 3 is 2.36 bits per heavy atom. The van der Waals surface area contributed by atoms with E-state index in [1.165, 1.54) is 0 Å². The van der Waals surface area contributed by atoms with Crippen LogP contribution in [0.1, 0.15) is 20.3 Å². The zero-order valence-corrected chi connectivity index (χ0v) is 8.81. The van der Waals surface area contributed by atoms with Crippen molar-refractivity contribution in [2.45, 2.75) is 32.5 Å². The van der Waals surface area contributed by atoms with Crippen LogP contribution in [0.3, 0.4) is 0 Å². The van der Waals surface area contributed by atoms with Gasteiger partial charge in [-0.2, -0.15) is 0 Å². The van der Waals surface area contributed by atoms with Gasteiger partial charge in [0.1, 0.15) is 5.78 Å². The summed E-state index contributed by atoms with van der Waals surface area (Å²) in [6, 6.07) is 0. The molecule has 0 aliphatic carbocycles. The highest BCUT2D eigenvalue weighted by molar-refractivity contribution is 5.82. The minimum atomic E-state index is -0.695. The first-order chi connectivity index (χ1) is 6.54. The Morgan fingerprint density at radius 2 is 1.93 bits per heavy atom. The fraction of sp³-hybridized carbons (Fsp3) is 0.900. The SMILES string of the molecule is CCC(C)C(=O)CN1CC(O)C(O)C1. The van der Waals surface area contributed by atoms with Crippen LogP contribution in [0.15, 0.2) is 0 Å². The monoisotopic (exact) mass is 201 g/mol. The molecule has 0 radical (unpaired) electrons. The number of ketones is 1. The molecule has 0 bridgehead atoms. The van der Waals surface area contributed by atoms with Crippen LogP contribution >= 0.6 is 0 Å². The molecule has 0 spiro atoms. The van der Waals surface area contributed by atoms with Gasteiger partial charge in [-0.1, -0.05) is 13.8 Å². The van der Waals surface area contributed by atoms with Crippen LogP contribution in [0.25, 0.3) is 0 Å². The summed E-state index contributed by atoms with van der Waals surface area (Å²) >= 11 is 0. The maximum Gasteiger partial charge on any atom is 0.149 e. The number of hydrogen-bond acceptors (Lipinski definition) is 4. The van der Waals surface area contributed by atoms with Crippen LogP contribution in [0.4, 0.5) is 0 Å². The lowest BCUT2D eigenvalue weighted by atomic mass is 10.0. The van der Waals surface area contributed by atoms with E-state index in [0.717, 1.165) is 6.42 Å². The molecule has 1 fully saturated rings. The number of β-amino-alcohol motifs (C(OH)–C–C–N with tert-alkyl or cyclic N) is 2. The van der Waals surface area contributed by atoms with Crippen molar-refractivity contribution < 1.29 is 15.0 Å². The summed E-state index contributed by atoms with van der Waals surface area (Å²) in [4.78, 5) is 13.3. The van der Waals surface area contributed by atoms with Gasteiger partial charge in [-0.25, -0.2) is 0 Å².